The number of carbonyl (C=O) groups is 1. The maximum atomic E-state index is 10.3. The lowest BCUT2D eigenvalue weighted by molar-refractivity contribution is 0.111. The van der Waals surface area contributed by atoms with Crippen LogP contribution < -0.4 is 0 Å². The van der Waals surface area contributed by atoms with E-state index in [-0.39, 0.29) is 0 Å². The van der Waals surface area contributed by atoms with Gasteiger partial charge in [0.05, 0.1) is 11.9 Å². The average molecular weight is 163 g/mol. The predicted molar refractivity (Wildman–Crippen MR) is 45.6 cm³/mol. The molecule has 0 aromatic carbocycles. The summed E-state index contributed by atoms with van der Waals surface area (Å²) in [6.07, 6.45) is 5.67. The van der Waals surface area contributed by atoms with Gasteiger partial charge in [-0.25, -0.2) is 4.68 Å². The third-order valence-corrected chi connectivity index (χ3v) is 1.40. The molecule has 0 aliphatic rings. The zero-order valence-electron chi connectivity index (χ0n) is 6.77. The lowest BCUT2D eigenvalue weighted by Gasteiger charge is -1.96. The van der Waals surface area contributed by atoms with Gasteiger partial charge < -0.3 is 0 Å². The molecule has 4 nitrogen and oxygen atoms in total. The number of hydrogen-bond donors (Lipinski definition) is 0. The minimum absolute atomic E-state index is 0.316. The van der Waals surface area contributed by atoms with E-state index in [2.05, 4.69) is 16.9 Å². The lowest BCUT2D eigenvalue weighted by Crippen LogP contribution is -1.94. The standard InChI is InChI=1S/C8H9N3O/c1-3-8(4-2)11-5-7(6-12)9-10-11/h3-6H,1H2,2H3/b8-4+. The first kappa shape index (κ1) is 8.39. The van der Waals surface area contributed by atoms with Gasteiger partial charge in [-0.1, -0.05) is 17.9 Å². The number of hydrogen-bond acceptors (Lipinski definition) is 3. The van der Waals surface area contributed by atoms with E-state index in [0.717, 1.165) is 5.70 Å². The van der Waals surface area contributed by atoms with E-state index in [4.69, 9.17) is 0 Å². The Bertz CT molecular complexity index is 325. The fraction of sp³-hybridized carbons (Fsp3) is 0.125. The van der Waals surface area contributed by atoms with Crippen molar-refractivity contribution in [2.75, 3.05) is 0 Å². The molecule has 0 atom stereocenters. The van der Waals surface area contributed by atoms with Crippen LogP contribution in [0.3, 0.4) is 0 Å². The highest BCUT2D eigenvalue weighted by Crippen LogP contribution is 2.02. The van der Waals surface area contributed by atoms with Gasteiger partial charge in [0.15, 0.2) is 6.29 Å². The largest absolute Gasteiger partial charge is 0.296 e. The van der Waals surface area contributed by atoms with Crippen molar-refractivity contribution in [1.82, 2.24) is 15.0 Å². The first-order valence-electron chi connectivity index (χ1n) is 3.48. The Balaban J connectivity index is 3.02. The molecule has 62 valence electrons. The van der Waals surface area contributed by atoms with E-state index < -0.39 is 0 Å². The van der Waals surface area contributed by atoms with Crippen molar-refractivity contribution in [3.8, 4) is 0 Å². The van der Waals surface area contributed by atoms with Crippen molar-refractivity contribution < 1.29 is 4.79 Å². The van der Waals surface area contributed by atoms with Crippen LogP contribution in [-0.2, 0) is 0 Å². The summed E-state index contributed by atoms with van der Waals surface area (Å²) < 4.78 is 1.50. The molecule has 4 heteroatoms. The minimum atomic E-state index is 0.316. The van der Waals surface area contributed by atoms with E-state index in [0.29, 0.717) is 12.0 Å². The number of aldehydes is 1. The summed E-state index contributed by atoms with van der Waals surface area (Å²) in [5, 5.41) is 7.33. The second kappa shape index (κ2) is 3.61. The highest BCUT2D eigenvalue weighted by molar-refractivity contribution is 5.71. The molecule has 0 spiro atoms. The van der Waals surface area contributed by atoms with E-state index in [1.165, 1.54) is 4.68 Å². The molecule has 0 aliphatic heterocycles. The molecule has 1 aromatic heterocycles. The van der Waals surface area contributed by atoms with Crippen LogP contribution in [0.25, 0.3) is 5.70 Å². The van der Waals surface area contributed by atoms with E-state index in [1.54, 1.807) is 12.3 Å². The second-order valence-electron chi connectivity index (χ2n) is 2.12. The van der Waals surface area contributed by atoms with Crippen LogP contribution in [0.1, 0.15) is 17.4 Å². The van der Waals surface area contributed by atoms with Crippen LogP contribution in [0, 0.1) is 0 Å². The quantitative estimate of drug-likeness (QED) is 0.496. The lowest BCUT2D eigenvalue weighted by atomic mass is 10.4. The van der Waals surface area contributed by atoms with Crippen molar-refractivity contribution >= 4 is 12.0 Å². The molecule has 0 saturated heterocycles. The van der Waals surface area contributed by atoms with Crippen LogP contribution in [0.2, 0.25) is 0 Å². The summed E-state index contributed by atoms with van der Waals surface area (Å²) >= 11 is 0. The van der Waals surface area contributed by atoms with Gasteiger partial charge in [0.25, 0.3) is 0 Å². The highest BCUT2D eigenvalue weighted by atomic mass is 16.1. The zero-order valence-corrected chi connectivity index (χ0v) is 6.77. The summed E-state index contributed by atoms with van der Waals surface area (Å²) in [5.74, 6) is 0. The third kappa shape index (κ3) is 1.47. The number of rotatable bonds is 3. The Labute approximate surface area is 70.2 Å². The summed E-state index contributed by atoms with van der Waals surface area (Å²) in [7, 11) is 0. The van der Waals surface area contributed by atoms with Crippen molar-refractivity contribution in [3.63, 3.8) is 0 Å². The monoisotopic (exact) mass is 163 g/mol. The van der Waals surface area contributed by atoms with Crippen LogP contribution >= 0.6 is 0 Å². The molecule has 12 heavy (non-hydrogen) atoms. The van der Waals surface area contributed by atoms with Crippen LogP contribution in [0.15, 0.2) is 24.9 Å². The topological polar surface area (TPSA) is 47.8 Å². The highest BCUT2D eigenvalue weighted by Gasteiger charge is 1.99. The smallest absolute Gasteiger partial charge is 0.171 e. The first-order valence-corrected chi connectivity index (χ1v) is 3.48. The fourth-order valence-electron chi connectivity index (χ4n) is 0.801. The molecule has 0 unspecified atom stereocenters. The van der Waals surface area contributed by atoms with Crippen LogP contribution in [-0.4, -0.2) is 21.3 Å². The van der Waals surface area contributed by atoms with Crippen LogP contribution in [0.4, 0.5) is 0 Å². The summed E-state index contributed by atoms with van der Waals surface area (Å²) in [4.78, 5) is 10.3. The molecule has 0 N–H and O–H groups in total. The Morgan fingerprint density at radius 1 is 1.75 bits per heavy atom. The van der Waals surface area contributed by atoms with Crippen molar-refractivity contribution in [3.05, 3.63) is 30.6 Å². The van der Waals surface area contributed by atoms with Crippen molar-refractivity contribution in [2.24, 2.45) is 0 Å². The molecule has 0 saturated carbocycles. The first-order chi connectivity index (χ1) is 5.81. The summed E-state index contributed by atoms with van der Waals surface area (Å²) in [6, 6.07) is 0. The molecule has 1 heterocycles. The van der Waals surface area contributed by atoms with Crippen LogP contribution in [0.5, 0.6) is 0 Å². The van der Waals surface area contributed by atoms with E-state index in [1.807, 2.05) is 13.0 Å². The zero-order chi connectivity index (χ0) is 8.97. The van der Waals surface area contributed by atoms with Gasteiger partial charge in [0, 0.05) is 0 Å². The molecule has 0 amide bonds. The molecule has 0 fully saturated rings. The SMILES string of the molecule is C=C/C(=C\C)n1cc(C=O)nn1. The van der Waals surface area contributed by atoms with Gasteiger partial charge in [-0.2, -0.15) is 0 Å². The average Bonchev–Trinajstić information content (AvgIpc) is 2.55. The predicted octanol–water partition coefficient (Wildman–Crippen LogP) is 1.14. The Hall–Kier alpha value is -1.71. The van der Waals surface area contributed by atoms with Crippen molar-refractivity contribution in [2.45, 2.75) is 6.92 Å². The van der Waals surface area contributed by atoms with Gasteiger partial charge in [-0.3, -0.25) is 4.79 Å². The molecular formula is C8H9N3O. The second-order valence-corrected chi connectivity index (χ2v) is 2.12. The van der Waals surface area contributed by atoms with E-state index >= 15 is 0 Å². The van der Waals surface area contributed by atoms with Gasteiger partial charge >= 0.3 is 0 Å². The van der Waals surface area contributed by atoms with Gasteiger partial charge in [-0.15, -0.1) is 5.10 Å². The van der Waals surface area contributed by atoms with Crippen molar-refractivity contribution in [1.29, 1.82) is 0 Å². The number of nitrogens with zero attached hydrogens (tertiary/aromatic N) is 3. The summed E-state index contributed by atoms with van der Waals surface area (Å²) in [5.41, 5.74) is 1.12. The Kier molecular flexibility index (Phi) is 2.53. The molecule has 0 radical (unpaired) electrons. The maximum absolute atomic E-state index is 10.3. The molecule has 0 bridgehead atoms. The number of allylic oxidation sites excluding steroid dienone is 3. The Morgan fingerprint density at radius 2 is 2.50 bits per heavy atom. The molecule has 1 rings (SSSR count). The number of aromatic nitrogens is 3. The molecule has 0 aliphatic carbocycles. The van der Waals surface area contributed by atoms with Gasteiger partial charge in [0.2, 0.25) is 0 Å². The summed E-state index contributed by atoms with van der Waals surface area (Å²) in [6.45, 7) is 5.46. The Morgan fingerprint density at radius 3 is 2.92 bits per heavy atom. The third-order valence-electron chi connectivity index (χ3n) is 1.40. The molecular weight excluding hydrogens is 154 g/mol. The fourth-order valence-corrected chi connectivity index (χ4v) is 0.801. The number of carbonyl (C=O) groups excluding carboxylic acids is 1. The van der Waals surface area contributed by atoms with E-state index in [9.17, 15) is 4.79 Å². The van der Waals surface area contributed by atoms with Gasteiger partial charge in [0.1, 0.15) is 5.69 Å². The maximum Gasteiger partial charge on any atom is 0.171 e. The normalized spacial score (nSPS) is 11.2. The minimum Gasteiger partial charge on any atom is -0.296 e. The van der Waals surface area contributed by atoms with Gasteiger partial charge in [-0.05, 0) is 13.0 Å². The molecule has 1 aromatic rings.